The minimum atomic E-state index is 1.23. The van der Waals surface area contributed by atoms with Crippen LogP contribution in [0.15, 0.2) is 48.5 Å². The molecule has 1 aliphatic rings. The SMILES string of the molecule is [c]1cc2c3c(c[c]cc3c1)-c1ccccc1-2. The summed E-state index contributed by atoms with van der Waals surface area (Å²) in [6.07, 6.45) is 0. The van der Waals surface area contributed by atoms with Gasteiger partial charge in [-0.15, -0.1) is 0 Å². The molecule has 16 heavy (non-hydrogen) atoms. The molecular formula is C16H8. The second kappa shape index (κ2) is 2.73. The Morgan fingerprint density at radius 1 is 0.625 bits per heavy atom. The van der Waals surface area contributed by atoms with Crippen LogP contribution in [0.3, 0.4) is 0 Å². The molecule has 3 aromatic carbocycles. The Balaban J connectivity index is 2.31. The molecular weight excluding hydrogens is 192 g/mol. The maximum absolute atomic E-state index is 3.21. The van der Waals surface area contributed by atoms with Crippen molar-refractivity contribution in [2.24, 2.45) is 0 Å². The molecule has 0 heteroatoms. The average Bonchev–Trinajstić information content (AvgIpc) is 2.68. The number of fused-ring (bicyclic) bond motifs is 3. The van der Waals surface area contributed by atoms with E-state index >= 15 is 0 Å². The highest BCUT2D eigenvalue weighted by Gasteiger charge is 2.19. The number of hydrogen-bond donors (Lipinski definition) is 0. The molecule has 0 heterocycles. The number of benzene rings is 3. The highest BCUT2D eigenvalue weighted by Crippen LogP contribution is 2.46. The molecule has 0 unspecified atom stereocenters. The monoisotopic (exact) mass is 200 g/mol. The van der Waals surface area contributed by atoms with E-state index in [1.807, 2.05) is 12.1 Å². The zero-order chi connectivity index (χ0) is 10.5. The molecule has 0 saturated carbocycles. The van der Waals surface area contributed by atoms with E-state index in [2.05, 4.69) is 48.5 Å². The van der Waals surface area contributed by atoms with Crippen molar-refractivity contribution >= 4 is 10.8 Å². The minimum absolute atomic E-state index is 1.23. The molecule has 2 radical (unpaired) electrons. The van der Waals surface area contributed by atoms with Crippen molar-refractivity contribution in [1.29, 1.82) is 0 Å². The van der Waals surface area contributed by atoms with Crippen LogP contribution < -0.4 is 0 Å². The predicted octanol–water partition coefficient (Wildman–Crippen LogP) is 4.09. The Morgan fingerprint density at radius 2 is 1.19 bits per heavy atom. The van der Waals surface area contributed by atoms with E-state index in [9.17, 15) is 0 Å². The van der Waals surface area contributed by atoms with Crippen LogP contribution in [-0.4, -0.2) is 0 Å². The summed E-state index contributed by atoms with van der Waals surface area (Å²) in [5.74, 6) is 0. The second-order valence-corrected chi connectivity index (χ2v) is 4.11. The van der Waals surface area contributed by atoms with Crippen molar-refractivity contribution in [2.45, 2.75) is 0 Å². The van der Waals surface area contributed by atoms with Gasteiger partial charge in [-0.25, -0.2) is 0 Å². The fraction of sp³-hybridized carbons (Fsp3) is 0. The lowest BCUT2D eigenvalue weighted by Gasteiger charge is -1.99. The lowest BCUT2D eigenvalue weighted by atomic mass is 10.0. The summed E-state index contributed by atoms with van der Waals surface area (Å²) in [5, 5.41) is 2.57. The molecule has 0 fully saturated rings. The largest absolute Gasteiger partial charge is 0.0616 e. The van der Waals surface area contributed by atoms with E-state index in [0.29, 0.717) is 0 Å². The first-order valence-electron chi connectivity index (χ1n) is 5.39. The van der Waals surface area contributed by atoms with Gasteiger partial charge in [0, 0.05) is 0 Å². The summed E-state index contributed by atoms with van der Waals surface area (Å²) < 4.78 is 0. The standard InChI is InChI=1S/C16H8/c1-2-8-13-12(7-1)14-9-3-5-11-6-4-10-15(13)16(11)14/h1-2,5-10H. The summed E-state index contributed by atoms with van der Waals surface area (Å²) >= 11 is 0. The zero-order valence-electron chi connectivity index (χ0n) is 8.62. The second-order valence-electron chi connectivity index (χ2n) is 4.11. The summed E-state index contributed by atoms with van der Waals surface area (Å²) in [7, 11) is 0. The summed E-state index contributed by atoms with van der Waals surface area (Å²) in [6, 6.07) is 23.2. The van der Waals surface area contributed by atoms with E-state index in [4.69, 9.17) is 0 Å². The van der Waals surface area contributed by atoms with E-state index in [1.54, 1.807) is 0 Å². The molecule has 0 nitrogen and oxygen atoms in total. The summed E-state index contributed by atoms with van der Waals surface area (Å²) in [4.78, 5) is 0. The maximum atomic E-state index is 3.21. The molecule has 3 aromatic rings. The molecule has 0 N–H and O–H groups in total. The van der Waals surface area contributed by atoms with Gasteiger partial charge in [0.05, 0.1) is 0 Å². The number of hydrogen-bond acceptors (Lipinski definition) is 0. The molecule has 0 aromatic heterocycles. The van der Waals surface area contributed by atoms with Gasteiger partial charge in [0.2, 0.25) is 0 Å². The van der Waals surface area contributed by atoms with Gasteiger partial charge in [0.15, 0.2) is 0 Å². The Morgan fingerprint density at radius 3 is 1.75 bits per heavy atom. The highest BCUT2D eigenvalue weighted by atomic mass is 14.2. The van der Waals surface area contributed by atoms with Gasteiger partial charge in [-0.05, 0) is 69.4 Å². The number of rotatable bonds is 0. The van der Waals surface area contributed by atoms with Crippen LogP contribution in [0.4, 0.5) is 0 Å². The van der Waals surface area contributed by atoms with E-state index < -0.39 is 0 Å². The van der Waals surface area contributed by atoms with Crippen LogP contribution in [-0.2, 0) is 0 Å². The fourth-order valence-corrected chi connectivity index (χ4v) is 2.59. The first kappa shape index (κ1) is 8.12. The van der Waals surface area contributed by atoms with Crippen molar-refractivity contribution in [3.8, 4) is 22.3 Å². The van der Waals surface area contributed by atoms with Crippen molar-refractivity contribution < 1.29 is 0 Å². The maximum Gasteiger partial charge on any atom is -0.00255 e. The van der Waals surface area contributed by atoms with Crippen LogP contribution in [0.5, 0.6) is 0 Å². The normalized spacial score (nSPS) is 11.8. The lowest BCUT2D eigenvalue weighted by Crippen LogP contribution is -1.74. The van der Waals surface area contributed by atoms with Gasteiger partial charge in [-0.2, -0.15) is 0 Å². The average molecular weight is 200 g/mol. The molecule has 0 spiro atoms. The Labute approximate surface area is 94.2 Å². The minimum Gasteiger partial charge on any atom is -0.0616 e. The van der Waals surface area contributed by atoms with Gasteiger partial charge in [0.1, 0.15) is 0 Å². The van der Waals surface area contributed by atoms with Gasteiger partial charge in [-0.3, -0.25) is 0 Å². The molecule has 0 amide bonds. The lowest BCUT2D eigenvalue weighted by molar-refractivity contribution is 1.69. The van der Waals surface area contributed by atoms with Crippen LogP contribution in [0.2, 0.25) is 0 Å². The molecule has 0 atom stereocenters. The van der Waals surface area contributed by atoms with Gasteiger partial charge < -0.3 is 0 Å². The first-order valence-corrected chi connectivity index (χ1v) is 5.39. The quantitative estimate of drug-likeness (QED) is 0.401. The molecule has 0 bridgehead atoms. The van der Waals surface area contributed by atoms with Crippen LogP contribution in [0.25, 0.3) is 33.0 Å². The third-order valence-corrected chi connectivity index (χ3v) is 3.27. The van der Waals surface area contributed by atoms with Crippen LogP contribution >= 0.6 is 0 Å². The third kappa shape index (κ3) is 0.849. The molecule has 0 aliphatic heterocycles. The summed E-state index contributed by atoms with van der Waals surface area (Å²) in [6.45, 7) is 0. The smallest absolute Gasteiger partial charge is 0.00255 e. The first-order chi connectivity index (χ1) is 7.95. The van der Waals surface area contributed by atoms with Gasteiger partial charge in [0.25, 0.3) is 0 Å². The third-order valence-electron chi connectivity index (χ3n) is 3.27. The van der Waals surface area contributed by atoms with Gasteiger partial charge in [-0.1, -0.05) is 24.3 Å². The van der Waals surface area contributed by atoms with Crippen molar-refractivity contribution in [1.82, 2.24) is 0 Å². The van der Waals surface area contributed by atoms with Crippen molar-refractivity contribution in [3.63, 3.8) is 0 Å². The molecule has 72 valence electrons. The molecule has 4 rings (SSSR count). The Hall–Kier alpha value is -2.08. The van der Waals surface area contributed by atoms with Crippen molar-refractivity contribution in [2.75, 3.05) is 0 Å². The van der Waals surface area contributed by atoms with E-state index in [0.717, 1.165) is 0 Å². The van der Waals surface area contributed by atoms with Gasteiger partial charge >= 0.3 is 0 Å². The topological polar surface area (TPSA) is 0 Å². The van der Waals surface area contributed by atoms with Crippen molar-refractivity contribution in [3.05, 3.63) is 60.7 Å². The highest BCUT2D eigenvalue weighted by molar-refractivity contribution is 6.14. The predicted molar refractivity (Wildman–Crippen MR) is 66.1 cm³/mol. The van der Waals surface area contributed by atoms with E-state index in [-0.39, 0.29) is 0 Å². The zero-order valence-corrected chi connectivity index (χ0v) is 8.62. The molecule has 0 saturated heterocycles. The Kier molecular flexibility index (Phi) is 1.39. The van der Waals surface area contributed by atoms with Crippen LogP contribution in [0, 0.1) is 12.1 Å². The van der Waals surface area contributed by atoms with Crippen LogP contribution in [0.1, 0.15) is 0 Å². The Bertz CT molecular complexity index is 650. The summed E-state index contributed by atoms with van der Waals surface area (Å²) in [5.41, 5.74) is 5.24. The molecule has 1 aliphatic carbocycles. The van der Waals surface area contributed by atoms with E-state index in [1.165, 1.54) is 33.0 Å². The fourth-order valence-electron chi connectivity index (χ4n) is 2.59.